The van der Waals surface area contributed by atoms with E-state index in [1.807, 2.05) is 6.07 Å². The number of hydrogen-bond acceptors (Lipinski definition) is 4. The van der Waals surface area contributed by atoms with Crippen LogP contribution in [0.5, 0.6) is 17.2 Å². The Balaban J connectivity index is 2.14. The molecule has 2 aromatic rings. The Morgan fingerprint density at radius 2 is 1.64 bits per heavy atom. The highest BCUT2D eigenvalue weighted by Crippen LogP contribution is 2.42. The lowest BCUT2D eigenvalue weighted by Crippen LogP contribution is -2.31. The van der Waals surface area contributed by atoms with Crippen LogP contribution < -0.4 is 19.5 Å². The van der Waals surface area contributed by atoms with Crippen LogP contribution in [0.25, 0.3) is 0 Å². The molecular formula is C21H27NO3. The van der Waals surface area contributed by atoms with Gasteiger partial charge in [0.1, 0.15) is 5.75 Å². The van der Waals surface area contributed by atoms with Gasteiger partial charge in [-0.05, 0) is 41.7 Å². The van der Waals surface area contributed by atoms with Crippen LogP contribution in [0.4, 0.5) is 0 Å². The smallest absolute Gasteiger partial charge is 0.164 e. The van der Waals surface area contributed by atoms with Gasteiger partial charge < -0.3 is 19.5 Å². The molecular weight excluding hydrogens is 314 g/mol. The summed E-state index contributed by atoms with van der Waals surface area (Å²) in [5.41, 5.74) is 4.91. The number of fused-ring (bicyclic) bond motifs is 1. The van der Waals surface area contributed by atoms with Gasteiger partial charge in [-0.15, -0.1) is 0 Å². The lowest BCUT2D eigenvalue weighted by Gasteiger charge is -2.30. The number of ether oxygens (including phenoxy) is 3. The molecule has 0 bridgehead atoms. The molecule has 0 saturated heterocycles. The molecule has 1 aliphatic heterocycles. The molecule has 4 heteroatoms. The zero-order valence-electron chi connectivity index (χ0n) is 15.7. The Kier molecular flexibility index (Phi) is 5.19. The molecule has 4 nitrogen and oxygen atoms in total. The summed E-state index contributed by atoms with van der Waals surface area (Å²) in [7, 11) is 5.11. The molecule has 1 N–H and O–H groups in total. The molecule has 0 amide bonds. The summed E-state index contributed by atoms with van der Waals surface area (Å²) in [6.07, 6.45) is 0.915. The summed E-state index contributed by atoms with van der Waals surface area (Å²) in [4.78, 5) is 0. The van der Waals surface area contributed by atoms with E-state index in [2.05, 4.69) is 43.4 Å². The van der Waals surface area contributed by atoms with Crippen LogP contribution in [-0.2, 0) is 6.42 Å². The summed E-state index contributed by atoms with van der Waals surface area (Å²) in [6.45, 7) is 5.31. The minimum absolute atomic E-state index is 0.0807. The summed E-state index contributed by atoms with van der Waals surface area (Å²) < 4.78 is 16.8. The minimum Gasteiger partial charge on any atom is -0.496 e. The Bertz CT molecular complexity index is 755. The fourth-order valence-electron chi connectivity index (χ4n) is 3.60. The van der Waals surface area contributed by atoms with Gasteiger partial charge >= 0.3 is 0 Å². The largest absolute Gasteiger partial charge is 0.496 e. The molecule has 1 atom stereocenters. The number of methoxy groups -OCH3 is 3. The minimum atomic E-state index is 0.0807. The summed E-state index contributed by atoms with van der Waals surface area (Å²) in [6, 6.07) is 10.7. The molecule has 134 valence electrons. The summed E-state index contributed by atoms with van der Waals surface area (Å²) >= 11 is 0. The molecule has 25 heavy (non-hydrogen) atoms. The van der Waals surface area contributed by atoms with Crippen molar-refractivity contribution in [2.45, 2.75) is 32.2 Å². The van der Waals surface area contributed by atoms with Gasteiger partial charge in [-0.25, -0.2) is 0 Å². The van der Waals surface area contributed by atoms with E-state index in [1.54, 1.807) is 21.3 Å². The van der Waals surface area contributed by atoms with Gasteiger partial charge in [0.25, 0.3) is 0 Å². The predicted octanol–water partition coefficient (Wildman–Crippen LogP) is 4.07. The van der Waals surface area contributed by atoms with Crippen molar-refractivity contribution < 1.29 is 14.2 Å². The Hall–Kier alpha value is -2.20. The van der Waals surface area contributed by atoms with E-state index in [0.717, 1.165) is 30.2 Å². The van der Waals surface area contributed by atoms with Gasteiger partial charge in [-0.1, -0.05) is 26.0 Å². The van der Waals surface area contributed by atoms with Crippen molar-refractivity contribution in [2.24, 2.45) is 0 Å². The maximum absolute atomic E-state index is 5.65. The van der Waals surface area contributed by atoms with Gasteiger partial charge in [0, 0.05) is 17.7 Å². The quantitative estimate of drug-likeness (QED) is 0.890. The molecule has 0 aliphatic carbocycles. The second-order valence-electron chi connectivity index (χ2n) is 6.66. The standard InChI is InChI=1S/C21H27NO3/c1-13(2)14-6-8-18(23-3)17(12-14)20-15-7-9-19(24-4)21(25-5)16(15)10-11-22-20/h6-9,12-13,20,22H,10-11H2,1-5H3. The zero-order valence-corrected chi connectivity index (χ0v) is 15.7. The monoisotopic (exact) mass is 341 g/mol. The second kappa shape index (κ2) is 7.36. The third kappa shape index (κ3) is 3.19. The third-order valence-electron chi connectivity index (χ3n) is 4.95. The Morgan fingerprint density at radius 1 is 0.920 bits per heavy atom. The first-order valence-electron chi connectivity index (χ1n) is 8.75. The molecule has 2 aromatic carbocycles. The van der Waals surface area contributed by atoms with E-state index in [0.29, 0.717) is 5.92 Å². The summed E-state index contributed by atoms with van der Waals surface area (Å²) in [5.74, 6) is 3.00. The predicted molar refractivity (Wildman–Crippen MR) is 100 cm³/mol. The highest BCUT2D eigenvalue weighted by molar-refractivity contribution is 5.56. The average molecular weight is 341 g/mol. The van der Waals surface area contributed by atoms with Gasteiger partial charge in [-0.3, -0.25) is 0 Å². The normalized spacial score (nSPS) is 16.5. The molecule has 0 fully saturated rings. The van der Waals surface area contributed by atoms with Crippen molar-refractivity contribution in [1.29, 1.82) is 0 Å². The van der Waals surface area contributed by atoms with Crippen LogP contribution in [0.2, 0.25) is 0 Å². The van der Waals surface area contributed by atoms with E-state index < -0.39 is 0 Å². The van der Waals surface area contributed by atoms with E-state index in [9.17, 15) is 0 Å². The molecule has 0 aromatic heterocycles. The van der Waals surface area contributed by atoms with Gasteiger partial charge in [0.2, 0.25) is 0 Å². The molecule has 1 heterocycles. The van der Waals surface area contributed by atoms with Crippen molar-refractivity contribution in [3.63, 3.8) is 0 Å². The Morgan fingerprint density at radius 3 is 2.28 bits per heavy atom. The van der Waals surface area contributed by atoms with Crippen LogP contribution in [0, 0.1) is 0 Å². The number of rotatable bonds is 5. The Labute approximate surface area is 150 Å². The van der Waals surface area contributed by atoms with Crippen LogP contribution in [0.1, 0.15) is 48.1 Å². The molecule has 1 unspecified atom stereocenters. The lowest BCUT2D eigenvalue weighted by atomic mass is 9.87. The first-order chi connectivity index (χ1) is 12.1. The van der Waals surface area contributed by atoms with Crippen LogP contribution in [-0.4, -0.2) is 27.9 Å². The first kappa shape index (κ1) is 17.6. The molecule has 3 rings (SSSR count). The fourth-order valence-corrected chi connectivity index (χ4v) is 3.60. The van der Waals surface area contributed by atoms with Crippen LogP contribution in [0.3, 0.4) is 0 Å². The van der Waals surface area contributed by atoms with Gasteiger partial charge in [0.15, 0.2) is 11.5 Å². The molecule has 0 spiro atoms. The number of benzene rings is 2. The maximum atomic E-state index is 5.65. The van der Waals surface area contributed by atoms with E-state index in [-0.39, 0.29) is 6.04 Å². The summed E-state index contributed by atoms with van der Waals surface area (Å²) in [5, 5.41) is 3.64. The van der Waals surface area contributed by atoms with Gasteiger partial charge in [0.05, 0.1) is 27.4 Å². The molecule has 1 aliphatic rings. The zero-order chi connectivity index (χ0) is 18.0. The average Bonchev–Trinajstić information content (AvgIpc) is 2.65. The molecule has 0 radical (unpaired) electrons. The van der Waals surface area contributed by atoms with Crippen molar-refractivity contribution in [3.8, 4) is 17.2 Å². The fraction of sp³-hybridized carbons (Fsp3) is 0.429. The maximum Gasteiger partial charge on any atom is 0.164 e. The van der Waals surface area contributed by atoms with E-state index in [1.165, 1.54) is 22.3 Å². The number of nitrogens with one attached hydrogen (secondary N) is 1. The van der Waals surface area contributed by atoms with Crippen molar-refractivity contribution in [1.82, 2.24) is 5.32 Å². The lowest BCUT2D eigenvalue weighted by molar-refractivity contribution is 0.348. The van der Waals surface area contributed by atoms with Crippen LogP contribution in [0.15, 0.2) is 30.3 Å². The van der Waals surface area contributed by atoms with Crippen molar-refractivity contribution in [3.05, 3.63) is 52.6 Å². The SMILES string of the molecule is COc1ccc(C(C)C)cc1C1NCCc2c1ccc(OC)c2OC. The highest BCUT2D eigenvalue weighted by Gasteiger charge is 2.28. The van der Waals surface area contributed by atoms with Crippen LogP contribution >= 0.6 is 0 Å². The van der Waals surface area contributed by atoms with Gasteiger partial charge in [-0.2, -0.15) is 0 Å². The topological polar surface area (TPSA) is 39.7 Å². The van der Waals surface area contributed by atoms with Crippen molar-refractivity contribution >= 4 is 0 Å². The highest BCUT2D eigenvalue weighted by atomic mass is 16.5. The van der Waals surface area contributed by atoms with Crippen molar-refractivity contribution in [2.75, 3.05) is 27.9 Å². The number of hydrogen-bond donors (Lipinski definition) is 1. The second-order valence-corrected chi connectivity index (χ2v) is 6.66. The van der Waals surface area contributed by atoms with E-state index >= 15 is 0 Å². The molecule has 0 saturated carbocycles. The van der Waals surface area contributed by atoms with E-state index in [4.69, 9.17) is 14.2 Å². The third-order valence-corrected chi connectivity index (χ3v) is 4.95. The first-order valence-corrected chi connectivity index (χ1v) is 8.75.